The molecule has 2 heterocycles. The van der Waals surface area contributed by atoms with E-state index in [4.69, 9.17) is 32.7 Å². The van der Waals surface area contributed by atoms with Crippen LogP contribution >= 0.6 is 23.2 Å². The molecule has 8 nitrogen and oxygen atoms in total. The van der Waals surface area contributed by atoms with E-state index >= 15 is 0 Å². The maximum Gasteiger partial charge on any atom is 0.415 e. The van der Waals surface area contributed by atoms with Crippen molar-refractivity contribution in [3.63, 3.8) is 0 Å². The minimum atomic E-state index is -0.821. The predicted molar refractivity (Wildman–Crippen MR) is 180 cm³/mol. The molecule has 44 heavy (non-hydrogen) atoms. The molecule has 4 rings (SSSR count). The molecule has 0 saturated carbocycles. The minimum Gasteiger partial charge on any atom is -0.494 e. The summed E-state index contributed by atoms with van der Waals surface area (Å²) in [6.07, 6.45) is 2.85. The van der Waals surface area contributed by atoms with Gasteiger partial charge in [-0.3, -0.25) is 19.2 Å². The number of benzene rings is 2. The fourth-order valence-electron chi connectivity index (χ4n) is 5.76. The van der Waals surface area contributed by atoms with Crippen molar-refractivity contribution >= 4 is 45.9 Å². The van der Waals surface area contributed by atoms with Crippen molar-refractivity contribution in [1.82, 2.24) is 14.4 Å². The van der Waals surface area contributed by atoms with Crippen LogP contribution in [0.5, 0.6) is 5.75 Å². The molecule has 0 spiro atoms. The molecule has 2 atom stereocenters. The lowest BCUT2D eigenvalue weighted by Gasteiger charge is -2.36. The molecular weight excluding hydrogens is 599 g/mol. The van der Waals surface area contributed by atoms with Crippen LogP contribution in [0.15, 0.2) is 66.1 Å². The number of rotatable bonds is 13. The number of fused-ring (bicyclic) bond motifs is 1. The summed E-state index contributed by atoms with van der Waals surface area (Å²) in [5.41, 5.74) is 1.39. The summed E-state index contributed by atoms with van der Waals surface area (Å²) >= 11 is 12.6. The number of amides is 1. The number of piperazine rings is 1. The molecule has 10 heteroatoms. The third-order valence-corrected chi connectivity index (χ3v) is 8.82. The third kappa shape index (κ3) is 8.49. The Hall–Kier alpha value is -3.20. The molecule has 1 aromatic heterocycles. The Morgan fingerprint density at radius 3 is 2.45 bits per heavy atom. The van der Waals surface area contributed by atoms with Crippen LogP contribution in [-0.4, -0.2) is 65.8 Å². The van der Waals surface area contributed by atoms with Gasteiger partial charge in [0.2, 0.25) is 0 Å². The Labute approximate surface area is 270 Å². The van der Waals surface area contributed by atoms with Crippen molar-refractivity contribution in [2.75, 3.05) is 44.2 Å². The number of carbonyl (C=O) groups is 1. The van der Waals surface area contributed by atoms with Crippen LogP contribution in [0.1, 0.15) is 53.2 Å². The topological polar surface area (TPSA) is 67.2 Å². The fourth-order valence-corrected chi connectivity index (χ4v) is 6.18. The average molecular weight is 644 g/mol. The number of carbonyl (C=O) groups excluding carboxylic acids is 1. The highest BCUT2D eigenvalue weighted by molar-refractivity contribution is 6.43. The van der Waals surface area contributed by atoms with Gasteiger partial charge in [-0.2, -0.15) is 0 Å². The highest BCUT2D eigenvalue weighted by atomic mass is 35.5. The zero-order chi connectivity index (χ0) is 31.8. The van der Waals surface area contributed by atoms with E-state index in [1.165, 1.54) is 21.7 Å². The van der Waals surface area contributed by atoms with Gasteiger partial charge in [-0.1, -0.05) is 49.7 Å². The van der Waals surface area contributed by atoms with Gasteiger partial charge in [0.1, 0.15) is 5.75 Å². The molecule has 1 aliphatic heterocycles. The van der Waals surface area contributed by atoms with Gasteiger partial charge >= 0.3 is 6.09 Å². The molecule has 2 unspecified atom stereocenters. The molecule has 3 aromatic rings. The van der Waals surface area contributed by atoms with Crippen LogP contribution in [-0.2, 0) is 4.74 Å². The molecule has 238 valence electrons. The van der Waals surface area contributed by atoms with Crippen LogP contribution in [0, 0.1) is 5.92 Å². The molecule has 1 fully saturated rings. The summed E-state index contributed by atoms with van der Waals surface area (Å²) in [5.74, 6) is 1.08. The van der Waals surface area contributed by atoms with Crippen LogP contribution in [0.4, 0.5) is 10.5 Å². The lowest BCUT2D eigenvalue weighted by atomic mass is 10.0. The van der Waals surface area contributed by atoms with Crippen molar-refractivity contribution in [2.24, 2.45) is 5.92 Å². The lowest BCUT2D eigenvalue weighted by molar-refractivity contribution is 0.0406. The quantitative estimate of drug-likeness (QED) is 0.177. The first-order chi connectivity index (χ1) is 21.1. The Kier molecular flexibility index (Phi) is 12.0. The Bertz CT molecular complexity index is 1490. The first-order valence-electron chi connectivity index (χ1n) is 15.4. The summed E-state index contributed by atoms with van der Waals surface area (Å²) in [4.78, 5) is 32.2. The van der Waals surface area contributed by atoms with Gasteiger partial charge in [-0.15, -0.1) is 0 Å². The SMILES string of the molecule is C=CN(C(=O)OC(C)n1c(=O)ccc2ccc(OCCCCN3CCN(c4cccc(Cl)c4Cl)CC3)cc21)C(C)CC(C)C. The smallest absolute Gasteiger partial charge is 0.415 e. The fraction of sp³-hybridized carbons (Fsp3) is 0.471. The number of nitrogens with zero attached hydrogens (tertiary/aromatic N) is 4. The number of ether oxygens (including phenoxy) is 2. The Morgan fingerprint density at radius 1 is 1.02 bits per heavy atom. The van der Waals surface area contributed by atoms with E-state index in [1.807, 2.05) is 43.3 Å². The van der Waals surface area contributed by atoms with Crippen LogP contribution in [0.3, 0.4) is 0 Å². The second-order valence-electron chi connectivity index (χ2n) is 11.8. The van der Waals surface area contributed by atoms with Crippen molar-refractivity contribution < 1.29 is 14.3 Å². The molecule has 1 saturated heterocycles. The average Bonchev–Trinajstić information content (AvgIpc) is 2.98. The first-order valence-corrected chi connectivity index (χ1v) is 16.2. The van der Waals surface area contributed by atoms with Gasteiger partial charge in [0.05, 0.1) is 27.9 Å². The highest BCUT2D eigenvalue weighted by Gasteiger charge is 2.24. The normalized spacial score (nSPS) is 15.3. The largest absolute Gasteiger partial charge is 0.494 e. The van der Waals surface area contributed by atoms with E-state index in [9.17, 15) is 9.59 Å². The van der Waals surface area contributed by atoms with Crippen molar-refractivity contribution in [2.45, 2.75) is 59.2 Å². The van der Waals surface area contributed by atoms with Crippen LogP contribution in [0.2, 0.25) is 10.0 Å². The summed E-state index contributed by atoms with van der Waals surface area (Å²) in [7, 11) is 0. The van der Waals surface area contributed by atoms with Gasteiger partial charge in [0.25, 0.3) is 5.56 Å². The molecule has 0 bridgehead atoms. The van der Waals surface area contributed by atoms with E-state index in [0.717, 1.165) is 63.1 Å². The van der Waals surface area contributed by atoms with Gasteiger partial charge in [-0.05, 0) is 81.3 Å². The maximum atomic E-state index is 13.0. The highest BCUT2D eigenvalue weighted by Crippen LogP contribution is 2.33. The molecule has 0 aliphatic carbocycles. The summed E-state index contributed by atoms with van der Waals surface area (Å²) in [5, 5.41) is 2.06. The second-order valence-corrected chi connectivity index (χ2v) is 12.6. The number of unbranched alkanes of at least 4 members (excludes halogenated alkanes) is 1. The van der Waals surface area contributed by atoms with E-state index in [1.54, 1.807) is 13.0 Å². The molecule has 2 aromatic carbocycles. The molecular formula is C34H44Cl2N4O4. The van der Waals surface area contributed by atoms with E-state index < -0.39 is 12.3 Å². The number of hydrogen-bond acceptors (Lipinski definition) is 6. The van der Waals surface area contributed by atoms with Gasteiger partial charge < -0.3 is 14.4 Å². The molecule has 0 N–H and O–H groups in total. The van der Waals surface area contributed by atoms with Crippen molar-refractivity contribution in [3.8, 4) is 5.75 Å². The maximum absolute atomic E-state index is 13.0. The van der Waals surface area contributed by atoms with Gasteiger partial charge in [-0.25, -0.2) is 4.79 Å². The zero-order valence-corrected chi connectivity index (χ0v) is 27.7. The summed E-state index contributed by atoms with van der Waals surface area (Å²) in [6.45, 7) is 17.0. The van der Waals surface area contributed by atoms with Crippen LogP contribution in [0.25, 0.3) is 10.9 Å². The van der Waals surface area contributed by atoms with Gasteiger partial charge in [0, 0.05) is 50.6 Å². The lowest BCUT2D eigenvalue weighted by Crippen LogP contribution is -2.46. The molecule has 1 amide bonds. The number of anilines is 1. The second kappa shape index (κ2) is 15.7. The summed E-state index contributed by atoms with van der Waals surface area (Å²) in [6, 6.07) is 14.6. The van der Waals surface area contributed by atoms with E-state index in [-0.39, 0.29) is 11.6 Å². The van der Waals surface area contributed by atoms with Crippen LogP contribution < -0.4 is 15.2 Å². The van der Waals surface area contributed by atoms with E-state index in [0.29, 0.717) is 33.8 Å². The standard InChI is InChI=1S/C34H44Cl2N4O4/c1-6-39(25(4)22-24(2)3)34(42)44-26(5)40-31-23-28(14-12-27(31)13-15-32(40)41)43-21-8-7-16-37-17-19-38(20-18-37)30-11-9-10-29(35)33(30)36/h6,9-15,23-26H,1,7-8,16-22H2,2-5H3. The Balaban J connectivity index is 1.30. The monoisotopic (exact) mass is 642 g/mol. The number of pyridine rings is 1. The summed E-state index contributed by atoms with van der Waals surface area (Å²) < 4.78 is 13.3. The predicted octanol–water partition coefficient (Wildman–Crippen LogP) is 7.82. The molecule has 0 radical (unpaired) electrons. The number of halogens is 2. The number of hydrogen-bond donors (Lipinski definition) is 0. The first kappa shape index (κ1) is 33.7. The number of aromatic nitrogens is 1. The van der Waals surface area contributed by atoms with Crippen molar-refractivity contribution in [1.29, 1.82) is 0 Å². The molecule has 1 aliphatic rings. The van der Waals surface area contributed by atoms with Gasteiger partial charge in [0.15, 0.2) is 6.23 Å². The third-order valence-electron chi connectivity index (χ3n) is 8.02. The van der Waals surface area contributed by atoms with E-state index in [2.05, 4.69) is 30.2 Å². The zero-order valence-electron chi connectivity index (χ0n) is 26.2. The minimum absolute atomic E-state index is 0.0750. The Morgan fingerprint density at radius 2 is 1.75 bits per heavy atom. The van der Waals surface area contributed by atoms with Crippen molar-refractivity contribution in [3.05, 3.63) is 81.7 Å².